The highest BCUT2D eigenvalue weighted by Crippen LogP contribution is 2.22. The van der Waals surface area contributed by atoms with E-state index in [0.29, 0.717) is 0 Å². The molecular weight excluding hydrogens is 285 g/mol. The van der Waals surface area contributed by atoms with Gasteiger partial charge in [-0.3, -0.25) is 0 Å². The maximum atomic E-state index is 12.0. The second-order valence-electron chi connectivity index (χ2n) is 4.32. The Balaban J connectivity index is 2.08. The van der Waals surface area contributed by atoms with Crippen LogP contribution in [0, 0.1) is 0 Å². The third-order valence-corrected chi connectivity index (χ3v) is 2.69. The van der Waals surface area contributed by atoms with Gasteiger partial charge in [-0.05, 0) is 35.4 Å². The van der Waals surface area contributed by atoms with Crippen LogP contribution in [0.1, 0.15) is 10.4 Å². The topological polar surface area (TPSA) is 46.5 Å². The number of hydrogen-bond acceptors (Lipinski definition) is 3. The Bertz CT molecular complexity index is 616. The first-order valence-corrected chi connectivity index (χ1v) is 5.98. The second kappa shape index (κ2) is 5.87. The van der Waals surface area contributed by atoms with E-state index in [1.165, 1.54) is 24.3 Å². The molecule has 21 heavy (non-hydrogen) atoms. The number of hydrogen-bond donors (Lipinski definition) is 1. The van der Waals surface area contributed by atoms with E-state index in [1.807, 2.05) is 0 Å². The van der Waals surface area contributed by atoms with Gasteiger partial charge in [0.25, 0.3) is 0 Å². The average molecular weight is 296 g/mol. The third kappa shape index (κ3) is 4.24. The van der Waals surface area contributed by atoms with Gasteiger partial charge in [0.2, 0.25) is 0 Å². The monoisotopic (exact) mass is 296 g/mol. The molecule has 0 heterocycles. The smallest absolute Gasteiger partial charge is 0.422 e. The molecule has 1 N–H and O–H groups in total. The molecule has 0 aliphatic rings. The zero-order chi connectivity index (χ0) is 15.5. The lowest BCUT2D eigenvalue weighted by atomic mass is 10.0. The first kappa shape index (κ1) is 14.9. The first-order chi connectivity index (χ1) is 9.85. The number of alkyl halides is 3. The predicted octanol–water partition coefficient (Wildman–Crippen LogP) is 3.78. The summed E-state index contributed by atoms with van der Waals surface area (Å²) in [5.41, 5.74) is 1.62. The number of phenols is 1. The van der Waals surface area contributed by atoms with Gasteiger partial charge in [-0.25, -0.2) is 4.79 Å². The molecule has 0 aromatic heterocycles. The van der Waals surface area contributed by atoms with Gasteiger partial charge in [-0.1, -0.05) is 24.3 Å². The lowest BCUT2D eigenvalue weighted by molar-refractivity contribution is -0.161. The summed E-state index contributed by atoms with van der Waals surface area (Å²) in [4.78, 5) is 11.4. The normalized spacial score (nSPS) is 11.2. The van der Waals surface area contributed by atoms with E-state index in [1.54, 1.807) is 24.3 Å². The number of benzene rings is 2. The first-order valence-electron chi connectivity index (χ1n) is 5.98. The summed E-state index contributed by atoms with van der Waals surface area (Å²) in [5.74, 6) is -0.893. The fraction of sp³-hybridized carbons (Fsp3) is 0.133. The Morgan fingerprint density at radius 1 is 0.952 bits per heavy atom. The second-order valence-corrected chi connectivity index (χ2v) is 4.32. The Labute approximate surface area is 118 Å². The van der Waals surface area contributed by atoms with Gasteiger partial charge in [0.15, 0.2) is 6.61 Å². The molecule has 2 aromatic carbocycles. The molecule has 0 amide bonds. The van der Waals surface area contributed by atoms with Crippen LogP contribution in [0.3, 0.4) is 0 Å². The number of carbonyl (C=O) groups is 1. The highest BCUT2D eigenvalue weighted by molar-refractivity contribution is 5.90. The van der Waals surface area contributed by atoms with Crippen molar-refractivity contribution in [3.05, 3.63) is 54.1 Å². The molecule has 6 heteroatoms. The van der Waals surface area contributed by atoms with E-state index >= 15 is 0 Å². The van der Waals surface area contributed by atoms with Crippen LogP contribution < -0.4 is 0 Å². The van der Waals surface area contributed by atoms with Crippen molar-refractivity contribution in [2.24, 2.45) is 0 Å². The molecule has 0 spiro atoms. The molecule has 0 atom stereocenters. The fourth-order valence-corrected chi connectivity index (χ4v) is 1.68. The summed E-state index contributed by atoms with van der Waals surface area (Å²) in [6.45, 7) is -1.61. The summed E-state index contributed by atoms with van der Waals surface area (Å²) >= 11 is 0. The summed E-state index contributed by atoms with van der Waals surface area (Å²) in [7, 11) is 0. The number of esters is 1. The van der Waals surface area contributed by atoms with Gasteiger partial charge in [0, 0.05) is 0 Å². The molecule has 0 saturated carbocycles. The van der Waals surface area contributed by atoms with Gasteiger partial charge in [0.1, 0.15) is 5.75 Å². The summed E-state index contributed by atoms with van der Waals surface area (Å²) in [6, 6.07) is 12.4. The summed E-state index contributed by atoms with van der Waals surface area (Å²) < 4.78 is 40.0. The standard InChI is InChI=1S/C15H11F3O3/c16-15(17,18)9-21-14(20)12-3-1-10(2-4-12)11-5-7-13(19)8-6-11/h1-8,19H,9H2. The molecule has 0 unspecified atom stereocenters. The molecule has 110 valence electrons. The van der Waals surface area contributed by atoms with Gasteiger partial charge in [-0.15, -0.1) is 0 Å². The minimum Gasteiger partial charge on any atom is -0.508 e. The highest BCUT2D eigenvalue weighted by atomic mass is 19.4. The summed E-state index contributed by atoms with van der Waals surface area (Å²) in [5, 5.41) is 9.19. The van der Waals surface area contributed by atoms with Crippen molar-refractivity contribution in [2.75, 3.05) is 6.61 Å². The van der Waals surface area contributed by atoms with Crippen LogP contribution >= 0.6 is 0 Å². The van der Waals surface area contributed by atoms with Crippen LogP contribution in [-0.2, 0) is 4.74 Å². The minimum atomic E-state index is -4.54. The summed E-state index contributed by atoms with van der Waals surface area (Å²) in [6.07, 6.45) is -4.54. The van der Waals surface area contributed by atoms with Crippen molar-refractivity contribution >= 4 is 5.97 Å². The van der Waals surface area contributed by atoms with Crippen molar-refractivity contribution in [2.45, 2.75) is 6.18 Å². The van der Waals surface area contributed by atoms with Crippen LogP contribution in [0.4, 0.5) is 13.2 Å². The Kier molecular flexibility index (Phi) is 4.16. The minimum absolute atomic E-state index is 0.0433. The number of phenolic OH excluding ortho intramolecular Hbond substituents is 1. The van der Waals surface area contributed by atoms with Crippen LogP contribution in [0.2, 0.25) is 0 Å². The molecular formula is C15H11F3O3. The van der Waals surface area contributed by atoms with Crippen molar-refractivity contribution in [3.8, 4) is 16.9 Å². The predicted molar refractivity (Wildman–Crippen MR) is 69.9 cm³/mol. The molecule has 2 aromatic rings. The van der Waals surface area contributed by atoms with Gasteiger partial charge in [-0.2, -0.15) is 13.2 Å². The number of carbonyl (C=O) groups excluding carboxylic acids is 1. The van der Waals surface area contributed by atoms with Crippen molar-refractivity contribution < 1.29 is 27.8 Å². The lowest BCUT2D eigenvalue weighted by Gasteiger charge is -2.08. The molecule has 0 fully saturated rings. The molecule has 3 nitrogen and oxygen atoms in total. The maximum Gasteiger partial charge on any atom is 0.422 e. The van der Waals surface area contributed by atoms with E-state index in [0.717, 1.165) is 11.1 Å². The maximum absolute atomic E-state index is 12.0. The van der Waals surface area contributed by atoms with Crippen LogP contribution in [0.25, 0.3) is 11.1 Å². The van der Waals surface area contributed by atoms with E-state index in [-0.39, 0.29) is 11.3 Å². The zero-order valence-electron chi connectivity index (χ0n) is 10.7. The number of rotatable bonds is 3. The van der Waals surface area contributed by atoms with Crippen molar-refractivity contribution in [1.82, 2.24) is 0 Å². The van der Waals surface area contributed by atoms with E-state index in [4.69, 9.17) is 0 Å². The molecule has 0 radical (unpaired) electrons. The molecule has 0 aliphatic heterocycles. The van der Waals surface area contributed by atoms with Gasteiger partial charge < -0.3 is 9.84 Å². The molecule has 0 saturated heterocycles. The Hall–Kier alpha value is -2.50. The number of halogens is 3. The van der Waals surface area contributed by atoms with E-state index in [2.05, 4.69) is 4.74 Å². The Morgan fingerprint density at radius 3 is 1.90 bits per heavy atom. The number of aromatic hydroxyl groups is 1. The zero-order valence-corrected chi connectivity index (χ0v) is 10.7. The SMILES string of the molecule is O=C(OCC(F)(F)F)c1ccc(-c2ccc(O)cc2)cc1. The largest absolute Gasteiger partial charge is 0.508 e. The van der Waals surface area contributed by atoms with E-state index in [9.17, 15) is 23.1 Å². The molecule has 0 aliphatic carbocycles. The fourth-order valence-electron chi connectivity index (χ4n) is 1.68. The Morgan fingerprint density at radius 2 is 1.43 bits per heavy atom. The molecule has 0 bridgehead atoms. The average Bonchev–Trinajstić information content (AvgIpc) is 2.45. The van der Waals surface area contributed by atoms with Crippen LogP contribution in [-0.4, -0.2) is 23.9 Å². The van der Waals surface area contributed by atoms with Crippen LogP contribution in [0.15, 0.2) is 48.5 Å². The lowest BCUT2D eigenvalue weighted by Crippen LogP contribution is -2.20. The van der Waals surface area contributed by atoms with Crippen molar-refractivity contribution in [1.29, 1.82) is 0 Å². The third-order valence-electron chi connectivity index (χ3n) is 2.69. The highest BCUT2D eigenvalue weighted by Gasteiger charge is 2.29. The van der Waals surface area contributed by atoms with E-state index < -0.39 is 18.8 Å². The number of ether oxygens (including phenoxy) is 1. The van der Waals surface area contributed by atoms with Gasteiger partial charge in [0.05, 0.1) is 5.56 Å². The quantitative estimate of drug-likeness (QED) is 0.877. The van der Waals surface area contributed by atoms with Gasteiger partial charge >= 0.3 is 12.1 Å². The van der Waals surface area contributed by atoms with Crippen LogP contribution in [0.5, 0.6) is 5.75 Å². The van der Waals surface area contributed by atoms with Crippen molar-refractivity contribution in [3.63, 3.8) is 0 Å². The molecule has 2 rings (SSSR count).